The molecule has 0 aromatic heterocycles. The van der Waals surface area contributed by atoms with Crippen LogP contribution >= 0.6 is 12.4 Å². The predicted molar refractivity (Wildman–Crippen MR) is 62.1 cm³/mol. The molecule has 0 saturated carbocycles. The van der Waals surface area contributed by atoms with Gasteiger partial charge in [0.25, 0.3) is 0 Å². The van der Waals surface area contributed by atoms with Crippen molar-refractivity contribution >= 4 is 24.1 Å². The van der Waals surface area contributed by atoms with E-state index in [2.05, 4.69) is 0 Å². The standard InChI is InChI=1S/C11H12FNO2.ClH/c12-9-7-8(11(14)15)3-4-10(9)13-5-1-2-6-13;/h3-4,7H,1-2,5-6H2,(H,14,15);1H. The molecule has 1 fully saturated rings. The van der Waals surface area contributed by atoms with Gasteiger partial charge in [-0.25, -0.2) is 9.18 Å². The summed E-state index contributed by atoms with van der Waals surface area (Å²) in [4.78, 5) is 12.6. The number of benzene rings is 1. The van der Waals surface area contributed by atoms with Gasteiger partial charge in [0.1, 0.15) is 5.82 Å². The Kier molecular flexibility index (Phi) is 4.12. The lowest BCUT2D eigenvalue weighted by molar-refractivity contribution is 0.0696. The number of halogens is 2. The summed E-state index contributed by atoms with van der Waals surface area (Å²) >= 11 is 0. The molecular weight excluding hydrogens is 233 g/mol. The summed E-state index contributed by atoms with van der Waals surface area (Å²) in [6.45, 7) is 1.70. The molecule has 1 N–H and O–H groups in total. The number of rotatable bonds is 2. The normalized spacial score (nSPS) is 14.7. The predicted octanol–water partition coefficient (Wildman–Crippen LogP) is 2.55. The number of hydrogen-bond acceptors (Lipinski definition) is 2. The third-order valence-electron chi connectivity index (χ3n) is 2.64. The number of carbonyl (C=O) groups is 1. The summed E-state index contributed by atoms with van der Waals surface area (Å²) in [5, 5.41) is 8.69. The largest absolute Gasteiger partial charge is 0.478 e. The lowest BCUT2D eigenvalue weighted by Gasteiger charge is -2.18. The molecule has 2 rings (SSSR count). The van der Waals surface area contributed by atoms with Crippen LogP contribution in [0.15, 0.2) is 18.2 Å². The van der Waals surface area contributed by atoms with Crippen LogP contribution in [0.4, 0.5) is 10.1 Å². The van der Waals surface area contributed by atoms with Crippen LogP contribution in [0.3, 0.4) is 0 Å². The Bertz CT molecular complexity index is 392. The van der Waals surface area contributed by atoms with Crippen molar-refractivity contribution in [2.45, 2.75) is 12.8 Å². The minimum atomic E-state index is -1.10. The summed E-state index contributed by atoms with van der Waals surface area (Å²) < 4.78 is 13.6. The van der Waals surface area contributed by atoms with Gasteiger partial charge in [0.05, 0.1) is 11.3 Å². The van der Waals surface area contributed by atoms with Crippen molar-refractivity contribution in [3.05, 3.63) is 29.6 Å². The van der Waals surface area contributed by atoms with Gasteiger partial charge >= 0.3 is 5.97 Å². The zero-order chi connectivity index (χ0) is 10.8. The first-order valence-corrected chi connectivity index (χ1v) is 4.96. The van der Waals surface area contributed by atoms with Gasteiger partial charge in [-0.15, -0.1) is 12.4 Å². The third kappa shape index (κ3) is 2.44. The van der Waals surface area contributed by atoms with Crippen LogP contribution in [-0.2, 0) is 0 Å². The molecule has 0 atom stereocenters. The molecule has 16 heavy (non-hydrogen) atoms. The third-order valence-corrected chi connectivity index (χ3v) is 2.64. The smallest absolute Gasteiger partial charge is 0.335 e. The average molecular weight is 246 g/mol. The molecule has 1 aliphatic rings. The number of anilines is 1. The van der Waals surface area contributed by atoms with Crippen molar-refractivity contribution in [2.75, 3.05) is 18.0 Å². The number of carboxylic acids is 1. The van der Waals surface area contributed by atoms with E-state index in [1.807, 2.05) is 4.90 Å². The number of aromatic carboxylic acids is 1. The topological polar surface area (TPSA) is 40.5 Å². The van der Waals surface area contributed by atoms with Crippen molar-refractivity contribution in [3.8, 4) is 0 Å². The van der Waals surface area contributed by atoms with Gasteiger partial charge < -0.3 is 10.0 Å². The maximum absolute atomic E-state index is 13.6. The van der Waals surface area contributed by atoms with Gasteiger partial charge in [-0.3, -0.25) is 0 Å². The first kappa shape index (κ1) is 12.8. The van der Waals surface area contributed by atoms with Crippen molar-refractivity contribution in [2.24, 2.45) is 0 Å². The Labute approximate surface area is 99.3 Å². The second kappa shape index (κ2) is 5.16. The Morgan fingerprint density at radius 2 is 1.94 bits per heavy atom. The second-order valence-corrected chi connectivity index (χ2v) is 3.67. The highest BCUT2D eigenvalue weighted by molar-refractivity contribution is 5.88. The van der Waals surface area contributed by atoms with E-state index < -0.39 is 11.8 Å². The fourth-order valence-electron chi connectivity index (χ4n) is 1.85. The highest BCUT2D eigenvalue weighted by Crippen LogP contribution is 2.24. The monoisotopic (exact) mass is 245 g/mol. The lowest BCUT2D eigenvalue weighted by Crippen LogP contribution is -2.19. The van der Waals surface area contributed by atoms with Gasteiger partial charge in [0.2, 0.25) is 0 Å². The Balaban J connectivity index is 0.00000128. The highest BCUT2D eigenvalue weighted by atomic mass is 35.5. The van der Waals surface area contributed by atoms with Crippen LogP contribution in [0.25, 0.3) is 0 Å². The van der Waals surface area contributed by atoms with Crippen LogP contribution < -0.4 is 4.90 Å². The van der Waals surface area contributed by atoms with E-state index in [0.29, 0.717) is 5.69 Å². The Hall–Kier alpha value is -1.29. The molecule has 0 spiro atoms. The molecule has 0 radical (unpaired) electrons. The van der Waals surface area contributed by atoms with E-state index in [-0.39, 0.29) is 18.0 Å². The van der Waals surface area contributed by atoms with Crippen LogP contribution in [0.5, 0.6) is 0 Å². The van der Waals surface area contributed by atoms with Gasteiger partial charge in [0.15, 0.2) is 0 Å². The maximum atomic E-state index is 13.6. The van der Waals surface area contributed by atoms with Crippen molar-refractivity contribution in [1.82, 2.24) is 0 Å². The lowest BCUT2D eigenvalue weighted by atomic mass is 10.2. The summed E-state index contributed by atoms with van der Waals surface area (Å²) in [7, 11) is 0. The van der Waals surface area contributed by atoms with Gasteiger partial charge in [-0.05, 0) is 31.0 Å². The zero-order valence-corrected chi connectivity index (χ0v) is 9.47. The SMILES string of the molecule is Cl.O=C(O)c1ccc(N2CCCC2)c(F)c1. The summed E-state index contributed by atoms with van der Waals surface area (Å²) in [5.74, 6) is -1.54. The van der Waals surface area contributed by atoms with Crippen molar-refractivity contribution in [1.29, 1.82) is 0 Å². The van der Waals surface area contributed by atoms with Crippen molar-refractivity contribution < 1.29 is 14.3 Å². The van der Waals surface area contributed by atoms with E-state index in [9.17, 15) is 9.18 Å². The summed E-state index contributed by atoms with van der Waals surface area (Å²) in [6, 6.07) is 4.07. The van der Waals surface area contributed by atoms with Crippen LogP contribution in [-0.4, -0.2) is 24.2 Å². The molecule has 0 amide bonds. The molecule has 1 aliphatic heterocycles. The first-order valence-electron chi connectivity index (χ1n) is 4.96. The molecule has 0 aliphatic carbocycles. The minimum absolute atomic E-state index is 0. The summed E-state index contributed by atoms with van der Waals surface area (Å²) in [6.07, 6.45) is 2.14. The Morgan fingerprint density at radius 3 is 2.44 bits per heavy atom. The van der Waals surface area contributed by atoms with Gasteiger partial charge in [-0.2, -0.15) is 0 Å². The number of carboxylic acid groups (broad SMARTS) is 1. The van der Waals surface area contributed by atoms with E-state index >= 15 is 0 Å². The molecule has 3 nitrogen and oxygen atoms in total. The maximum Gasteiger partial charge on any atom is 0.335 e. The van der Waals surface area contributed by atoms with E-state index in [4.69, 9.17) is 5.11 Å². The van der Waals surface area contributed by atoms with Gasteiger partial charge in [0, 0.05) is 13.1 Å². The fourth-order valence-corrected chi connectivity index (χ4v) is 1.85. The quantitative estimate of drug-likeness (QED) is 0.871. The highest BCUT2D eigenvalue weighted by Gasteiger charge is 2.17. The minimum Gasteiger partial charge on any atom is -0.478 e. The molecule has 0 bridgehead atoms. The zero-order valence-electron chi connectivity index (χ0n) is 8.65. The Morgan fingerprint density at radius 1 is 1.31 bits per heavy atom. The molecule has 1 aromatic rings. The van der Waals surface area contributed by atoms with E-state index in [1.54, 1.807) is 6.07 Å². The molecule has 0 unspecified atom stereocenters. The van der Waals surface area contributed by atoms with E-state index in [0.717, 1.165) is 32.0 Å². The molecular formula is C11H13ClFNO2. The van der Waals surface area contributed by atoms with Gasteiger partial charge in [-0.1, -0.05) is 0 Å². The van der Waals surface area contributed by atoms with E-state index in [1.165, 1.54) is 6.07 Å². The molecule has 88 valence electrons. The van der Waals surface area contributed by atoms with Crippen LogP contribution in [0.1, 0.15) is 23.2 Å². The molecule has 5 heteroatoms. The average Bonchev–Trinajstić information content (AvgIpc) is 2.70. The number of hydrogen-bond donors (Lipinski definition) is 1. The molecule has 1 heterocycles. The van der Waals surface area contributed by atoms with Crippen LogP contribution in [0.2, 0.25) is 0 Å². The van der Waals surface area contributed by atoms with Crippen molar-refractivity contribution in [3.63, 3.8) is 0 Å². The molecule has 1 aromatic carbocycles. The fraction of sp³-hybridized carbons (Fsp3) is 0.364. The first-order chi connectivity index (χ1) is 7.18. The number of nitrogens with zero attached hydrogens (tertiary/aromatic N) is 1. The molecule has 1 saturated heterocycles. The van der Waals surface area contributed by atoms with Crippen LogP contribution in [0, 0.1) is 5.82 Å². The summed E-state index contributed by atoms with van der Waals surface area (Å²) in [5.41, 5.74) is 0.507. The second-order valence-electron chi connectivity index (χ2n) is 3.67.